The van der Waals surface area contributed by atoms with Gasteiger partial charge < -0.3 is 15.1 Å². The number of hydrogen-bond donors (Lipinski definition) is 1. The molecule has 0 spiro atoms. The summed E-state index contributed by atoms with van der Waals surface area (Å²) in [6.07, 6.45) is 2.91. The predicted molar refractivity (Wildman–Crippen MR) is 117 cm³/mol. The third-order valence-corrected chi connectivity index (χ3v) is 6.72. The van der Waals surface area contributed by atoms with Crippen LogP contribution in [-0.4, -0.2) is 84.5 Å². The lowest BCUT2D eigenvalue weighted by Gasteiger charge is -2.39. The summed E-state index contributed by atoms with van der Waals surface area (Å²) in [4.78, 5) is 23.8. The van der Waals surface area contributed by atoms with Gasteiger partial charge in [0.25, 0.3) is 0 Å². The minimum absolute atomic E-state index is 0.00889. The van der Waals surface area contributed by atoms with E-state index in [1.807, 2.05) is 18.7 Å². The van der Waals surface area contributed by atoms with E-state index < -0.39 is 11.6 Å². The molecule has 6 nitrogen and oxygen atoms in total. The number of nitrogens with one attached hydrogen (secondary N) is 1. The molecule has 8 heteroatoms. The lowest BCUT2D eigenvalue weighted by molar-refractivity contribution is -0.135. The summed E-state index contributed by atoms with van der Waals surface area (Å²) in [5.41, 5.74) is 0.176. The fraction of sp³-hybridized carbons (Fsp3) is 0.652. The Morgan fingerprint density at radius 3 is 2.35 bits per heavy atom. The van der Waals surface area contributed by atoms with Crippen molar-refractivity contribution in [3.63, 3.8) is 0 Å². The second-order valence-corrected chi connectivity index (χ2v) is 8.76. The van der Waals surface area contributed by atoms with E-state index in [0.29, 0.717) is 13.0 Å². The Hall–Kier alpha value is -2.22. The van der Waals surface area contributed by atoms with Gasteiger partial charge in [-0.05, 0) is 45.2 Å². The quantitative estimate of drug-likeness (QED) is 0.573. The van der Waals surface area contributed by atoms with Crippen LogP contribution in [0, 0.1) is 11.6 Å². The topological polar surface area (TPSA) is 51.2 Å². The van der Waals surface area contributed by atoms with Gasteiger partial charge in [-0.15, -0.1) is 0 Å². The van der Waals surface area contributed by atoms with Crippen molar-refractivity contribution in [2.75, 3.05) is 45.8 Å². The first kappa shape index (κ1) is 22.0. The van der Waals surface area contributed by atoms with E-state index >= 15 is 0 Å². The predicted octanol–water partition coefficient (Wildman–Crippen LogP) is 2.41. The number of rotatable bonds is 5. The fourth-order valence-electron chi connectivity index (χ4n) is 4.77. The van der Waals surface area contributed by atoms with Crippen molar-refractivity contribution in [1.82, 2.24) is 20.0 Å². The number of carbonyl (C=O) groups excluding carboxylic acids is 1. The molecule has 4 rings (SSSR count). The zero-order valence-corrected chi connectivity index (χ0v) is 18.5. The number of benzene rings is 1. The van der Waals surface area contributed by atoms with E-state index in [1.165, 1.54) is 18.2 Å². The number of nitrogens with zero attached hydrogens (tertiary/aromatic N) is 4. The molecule has 0 bridgehead atoms. The molecule has 1 aliphatic carbocycles. The van der Waals surface area contributed by atoms with Crippen LogP contribution in [-0.2, 0) is 4.79 Å². The van der Waals surface area contributed by atoms with E-state index in [1.54, 1.807) is 0 Å². The normalized spacial score (nSPS) is 25.6. The van der Waals surface area contributed by atoms with E-state index in [2.05, 4.69) is 20.1 Å². The Balaban J connectivity index is 1.32. The molecule has 170 valence electrons. The van der Waals surface area contributed by atoms with Crippen LogP contribution in [0.1, 0.15) is 44.6 Å². The molecule has 2 aliphatic heterocycles. The molecule has 3 aliphatic rings. The number of piperazine rings is 1. The van der Waals surface area contributed by atoms with Gasteiger partial charge in [0.15, 0.2) is 5.96 Å². The second kappa shape index (κ2) is 9.51. The van der Waals surface area contributed by atoms with Gasteiger partial charge in [0.2, 0.25) is 5.91 Å². The van der Waals surface area contributed by atoms with Gasteiger partial charge in [0.1, 0.15) is 11.6 Å². The van der Waals surface area contributed by atoms with Crippen LogP contribution in [0.5, 0.6) is 0 Å². The van der Waals surface area contributed by atoms with E-state index in [9.17, 15) is 13.6 Å². The van der Waals surface area contributed by atoms with Crippen LogP contribution in [0.15, 0.2) is 23.2 Å². The van der Waals surface area contributed by atoms with Crippen molar-refractivity contribution in [2.45, 2.75) is 51.1 Å². The molecule has 2 saturated heterocycles. The molecule has 3 fully saturated rings. The summed E-state index contributed by atoms with van der Waals surface area (Å²) in [5.74, 6) is -0.0890. The Labute approximate surface area is 183 Å². The number of guanidine groups is 1. The van der Waals surface area contributed by atoms with Crippen molar-refractivity contribution in [1.29, 1.82) is 0 Å². The molecule has 3 unspecified atom stereocenters. The Morgan fingerprint density at radius 2 is 1.74 bits per heavy atom. The maximum atomic E-state index is 14.1. The Kier molecular flexibility index (Phi) is 6.74. The Morgan fingerprint density at radius 1 is 1.10 bits per heavy atom. The maximum absolute atomic E-state index is 14.1. The highest BCUT2D eigenvalue weighted by Crippen LogP contribution is 2.43. The second-order valence-electron chi connectivity index (χ2n) is 8.76. The van der Waals surface area contributed by atoms with Crippen LogP contribution in [0.4, 0.5) is 8.78 Å². The minimum Gasteiger partial charge on any atom is -0.353 e. The maximum Gasteiger partial charge on any atom is 0.239 e. The summed E-state index contributed by atoms with van der Waals surface area (Å²) in [6.45, 7) is 9.52. The van der Waals surface area contributed by atoms with Crippen molar-refractivity contribution in [2.24, 2.45) is 4.99 Å². The van der Waals surface area contributed by atoms with E-state index in [0.717, 1.165) is 58.1 Å². The molecule has 31 heavy (non-hydrogen) atoms. The van der Waals surface area contributed by atoms with Crippen molar-refractivity contribution in [3.05, 3.63) is 35.4 Å². The highest BCUT2D eigenvalue weighted by atomic mass is 19.1. The van der Waals surface area contributed by atoms with Gasteiger partial charge in [-0.3, -0.25) is 14.7 Å². The van der Waals surface area contributed by atoms with Crippen LogP contribution >= 0.6 is 0 Å². The molecule has 0 aromatic heterocycles. The minimum atomic E-state index is -0.478. The van der Waals surface area contributed by atoms with Crippen molar-refractivity contribution in [3.8, 4) is 0 Å². The number of aliphatic imine (C=N–C) groups is 1. The number of carbonyl (C=O) groups is 1. The van der Waals surface area contributed by atoms with Gasteiger partial charge in [0.05, 0.1) is 6.04 Å². The molecule has 3 atom stereocenters. The molecule has 1 aromatic carbocycles. The number of hydrogen-bond acceptors (Lipinski definition) is 3. The average molecular weight is 434 g/mol. The first-order valence-corrected chi connectivity index (χ1v) is 11.5. The first-order chi connectivity index (χ1) is 15.0. The van der Waals surface area contributed by atoms with E-state index in [-0.39, 0.29) is 29.5 Å². The lowest BCUT2D eigenvalue weighted by Crippen LogP contribution is -2.57. The zero-order valence-electron chi connectivity index (χ0n) is 18.5. The van der Waals surface area contributed by atoms with Gasteiger partial charge in [-0.1, -0.05) is 6.07 Å². The molecule has 1 aromatic rings. The highest BCUT2D eigenvalue weighted by Gasteiger charge is 2.43. The van der Waals surface area contributed by atoms with Crippen molar-refractivity contribution < 1.29 is 13.6 Å². The van der Waals surface area contributed by atoms with Crippen LogP contribution in [0.25, 0.3) is 0 Å². The number of likely N-dealkylation sites (tertiary alicyclic amines) is 1. The zero-order chi connectivity index (χ0) is 22.0. The molecule has 1 saturated carbocycles. The van der Waals surface area contributed by atoms with Gasteiger partial charge >= 0.3 is 0 Å². The summed E-state index contributed by atoms with van der Waals surface area (Å²) in [5, 5.41) is 3.43. The molecule has 2 heterocycles. The highest BCUT2D eigenvalue weighted by molar-refractivity contribution is 5.82. The van der Waals surface area contributed by atoms with Crippen LogP contribution in [0.2, 0.25) is 0 Å². The number of halogens is 2. The summed E-state index contributed by atoms with van der Waals surface area (Å²) in [6, 6.07) is 3.93. The van der Waals surface area contributed by atoms with Gasteiger partial charge in [0, 0.05) is 63.3 Å². The SMILES string of the molecule is CCN=C(NC1CC1c1c(F)cccc1F)N1CCN(C(C)C(=O)N2CCCC2)CC1. The van der Waals surface area contributed by atoms with Gasteiger partial charge in [-0.25, -0.2) is 8.78 Å². The average Bonchev–Trinajstić information content (AvgIpc) is 3.29. The fourth-order valence-corrected chi connectivity index (χ4v) is 4.77. The number of amides is 1. The first-order valence-electron chi connectivity index (χ1n) is 11.5. The third-order valence-electron chi connectivity index (χ3n) is 6.72. The largest absolute Gasteiger partial charge is 0.353 e. The monoisotopic (exact) mass is 433 g/mol. The van der Waals surface area contributed by atoms with Crippen molar-refractivity contribution >= 4 is 11.9 Å². The summed E-state index contributed by atoms with van der Waals surface area (Å²) in [7, 11) is 0. The lowest BCUT2D eigenvalue weighted by atomic mass is 10.1. The van der Waals surface area contributed by atoms with E-state index in [4.69, 9.17) is 0 Å². The van der Waals surface area contributed by atoms with Crippen LogP contribution < -0.4 is 5.32 Å². The molecular weight excluding hydrogens is 400 g/mol. The molecule has 1 N–H and O–H groups in total. The smallest absolute Gasteiger partial charge is 0.239 e. The van der Waals surface area contributed by atoms with Crippen LogP contribution in [0.3, 0.4) is 0 Å². The Bertz CT molecular complexity index is 798. The molecule has 1 amide bonds. The molecular formula is C23H33F2N5O. The third kappa shape index (κ3) is 4.84. The summed E-state index contributed by atoms with van der Waals surface area (Å²) < 4.78 is 28.2. The standard InChI is InChI=1S/C23H33F2N5O/c1-3-26-23(27-20-15-17(20)21-18(24)7-6-8-19(21)25)30-13-11-28(12-14-30)16(2)22(31)29-9-4-5-10-29/h6-8,16-17,20H,3-5,9-15H2,1-2H3,(H,26,27). The summed E-state index contributed by atoms with van der Waals surface area (Å²) >= 11 is 0. The van der Waals surface area contributed by atoms with Gasteiger partial charge in [-0.2, -0.15) is 0 Å². The molecule has 0 radical (unpaired) electrons.